The molecule has 4 saturated heterocycles. The minimum Gasteiger partial charge on any atom is -0.394 e. The van der Waals surface area contributed by atoms with Crippen LogP contribution in [0.3, 0.4) is 0 Å². The molecule has 25 atom stereocenters. The van der Waals surface area contributed by atoms with Gasteiger partial charge in [-0.2, -0.15) is 0 Å². The third-order valence-corrected chi connectivity index (χ3v) is 17.2. The van der Waals surface area contributed by atoms with Gasteiger partial charge >= 0.3 is 0 Å². The zero-order chi connectivity index (χ0) is 45.3. The number of aliphatic hydroxyl groups is 9. The molecule has 0 aromatic heterocycles. The van der Waals surface area contributed by atoms with Crippen molar-refractivity contribution in [2.75, 3.05) is 19.8 Å². The lowest BCUT2D eigenvalue weighted by atomic mass is 9.47. The topological polar surface area (TPSA) is 256 Å². The smallest absolute Gasteiger partial charge is 0.187 e. The summed E-state index contributed by atoms with van der Waals surface area (Å²) < 4.78 is 50.1. The van der Waals surface area contributed by atoms with Crippen molar-refractivity contribution in [1.29, 1.82) is 0 Å². The van der Waals surface area contributed by atoms with Crippen molar-refractivity contribution in [3.63, 3.8) is 0 Å². The van der Waals surface area contributed by atoms with Gasteiger partial charge in [0.1, 0.15) is 67.1 Å². The van der Waals surface area contributed by atoms with Crippen molar-refractivity contribution in [1.82, 2.24) is 0 Å². The fourth-order valence-corrected chi connectivity index (χ4v) is 13.3. The van der Waals surface area contributed by atoms with E-state index in [0.29, 0.717) is 42.4 Å². The summed E-state index contributed by atoms with van der Waals surface area (Å²) in [6.45, 7) is 12.4. The summed E-state index contributed by atoms with van der Waals surface area (Å²) in [5.74, 6) is 1.98. The van der Waals surface area contributed by atoms with Gasteiger partial charge < -0.3 is 83.9 Å². The first-order valence-corrected chi connectivity index (χ1v) is 23.8. The van der Waals surface area contributed by atoms with Gasteiger partial charge in [-0.25, -0.2) is 0 Å². The van der Waals surface area contributed by atoms with Gasteiger partial charge in [0.2, 0.25) is 0 Å². The predicted octanol–water partition coefficient (Wildman–Crippen LogP) is 0.994. The van der Waals surface area contributed by atoms with Crippen LogP contribution in [0.2, 0.25) is 0 Å². The van der Waals surface area contributed by atoms with E-state index >= 15 is 0 Å². The van der Waals surface area contributed by atoms with Gasteiger partial charge in [0.15, 0.2) is 24.7 Å². The Morgan fingerprint density at radius 1 is 0.683 bits per heavy atom. The molecule has 7 fully saturated rings. The molecule has 0 spiro atoms. The Morgan fingerprint density at radius 3 is 2.00 bits per heavy atom. The quantitative estimate of drug-likeness (QED) is 0.131. The Labute approximate surface area is 370 Å². The van der Waals surface area contributed by atoms with Crippen LogP contribution in [0.4, 0.5) is 0 Å². The summed E-state index contributed by atoms with van der Waals surface area (Å²) in [5.41, 5.74) is 1.43. The Hall–Kier alpha value is -0.940. The standard InChI is InChI=1S/C46H76O17/c1-7-26-29(63-46(6)15-10-21(2)20-56-46)17-28-25-9-8-23-16-24(11-13-44(23,4)27(25)12-14-45(26,28)5)58-43-40(62-41-37(54)35(52)32(49)22(3)57-41)39(34(51)31(19-48)60-43)61-42-38(55)36(53)33(50)30(18-47)59-42/h8,21-22,24-43,47-55H,7,9-20H2,1-6H3. The summed E-state index contributed by atoms with van der Waals surface area (Å²) in [4.78, 5) is 0. The van der Waals surface area contributed by atoms with Crippen LogP contribution in [-0.2, 0) is 37.9 Å². The maximum atomic E-state index is 11.6. The van der Waals surface area contributed by atoms with E-state index in [1.54, 1.807) is 0 Å². The zero-order valence-electron chi connectivity index (χ0n) is 37.8. The van der Waals surface area contributed by atoms with Crippen molar-refractivity contribution in [2.24, 2.45) is 40.4 Å². The van der Waals surface area contributed by atoms with E-state index in [0.717, 1.165) is 58.0 Å². The first-order valence-electron chi connectivity index (χ1n) is 23.8. The molecule has 8 rings (SSSR count). The van der Waals surface area contributed by atoms with Crippen molar-refractivity contribution in [3.8, 4) is 0 Å². The normalized spacial score (nSPS) is 55.1. The molecule has 9 N–H and O–H groups in total. The fourth-order valence-electron chi connectivity index (χ4n) is 13.3. The molecule has 17 nitrogen and oxygen atoms in total. The molecule has 362 valence electrons. The predicted molar refractivity (Wildman–Crippen MR) is 221 cm³/mol. The highest BCUT2D eigenvalue weighted by Gasteiger charge is 2.62. The van der Waals surface area contributed by atoms with E-state index in [1.807, 2.05) is 0 Å². The highest BCUT2D eigenvalue weighted by atomic mass is 16.8. The minimum atomic E-state index is -1.84. The lowest BCUT2D eigenvalue weighted by Crippen LogP contribution is -2.67. The molecule has 4 aliphatic carbocycles. The summed E-state index contributed by atoms with van der Waals surface area (Å²) >= 11 is 0. The summed E-state index contributed by atoms with van der Waals surface area (Å²) in [6.07, 6.45) is -11.6. The van der Waals surface area contributed by atoms with E-state index in [9.17, 15) is 46.0 Å². The second-order valence-electron chi connectivity index (χ2n) is 21.1. The molecule has 4 aliphatic heterocycles. The first-order chi connectivity index (χ1) is 29.9. The molecule has 8 aliphatic rings. The van der Waals surface area contributed by atoms with Crippen LogP contribution in [0, 0.1) is 40.4 Å². The average Bonchev–Trinajstić information content (AvgIpc) is 3.55. The molecule has 0 aromatic rings. The van der Waals surface area contributed by atoms with Crippen LogP contribution in [0.1, 0.15) is 106 Å². The third kappa shape index (κ3) is 8.86. The SMILES string of the molecule is CCC1C(OC2(C)CCC(C)CO2)CC2C3CC=C4CC(OC5OC(CO)C(O)C(OC6OC(CO)C(O)C(O)C6O)C5OC5OC(C)C(O)C(O)C5O)CCC4(C)C3CCC12C. The summed E-state index contributed by atoms with van der Waals surface area (Å²) in [5, 5.41) is 95.9. The molecule has 0 amide bonds. The van der Waals surface area contributed by atoms with Gasteiger partial charge in [0.05, 0.1) is 38.1 Å². The van der Waals surface area contributed by atoms with Crippen LogP contribution in [-0.4, -0.2) is 176 Å². The molecule has 4 heterocycles. The number of aliphatic hydroxyl groups excluding tert-OH is 9. The molecule has 0 radical (unpaired) electrons. The summed E-state index contributed by atoms with van der Waals surface area (Å²) in [6, 6.07) is 0. The Morgan fingerprint density at radius 2 is 1.33 bits per heavy atom. The maximum Gasteiger partial charge on any atom is 0.187 e. The minimum absolute atomic E-state index is 0.0611. The first kappa shape index (κ1) is 48.5. The van der Waals surface area contributed by atoms with E-state index in [4.69, 9.17) is 37.9 Å². The van der Waals surface area contributed by atoms with Gasteiger partial charge in [-0.3, -0.25) is 0 Å². The third-order valence-electron chi connectivity index (χ3n) is 17.2. The largest absolute Gasteiger partial charge is 0.394 e. The molecule has 63 heavy (non-hydrogen) atoms. The molecule has 3 saturated carbocycles. The van der Waals surface area contributed by atoms with Gasteiger partial charge in [-0.15, -0.1) is 0 Å². The molecule has 17 heteroatoms. The number of hydrogen-bond acceptors (Lipinski definition) is 17. The monoisotopic (exact) mass is 901 g/mol. The van der Waals surface area contributed by atoms with E-state index in [1.165, 1.54) is 12.5 Å². The van der Waals surface area contributed by atoms with Crippen LogP contribution >= 0.6 is 0 Å². The highest BCUT2D eigenvalue weighted by Crippen LogP contribution is 2.67. The molecule has 0 bridgehead atoms. The zero-order valence-corrected chi connectivity index (χ0v) is 37.8. The average molecular weight is 901 g/mol. The summed E-state index contributed by atoms with van der Waals surface area (Å²) in [7, 11) is 0. The van der Waals surface area contributed by atoms with E-state index < -0.39 is 117 Å². The lowest BCUT2D eigenvalue weighted by Gasteiger charge is -2.58. The highest BCUT2D eigenvalue weighted by molar-refractivity contribution is 5.26. The van der Waals surface area contributed by atoms with Crippen LogP contribution in [0.15, 0.2) is 11.6 Å². The van der Waals surface area contributed by atoms with Crippen LogP contribution < -0.4 is 0 Å². The van der Waals surface area contributed by atoms with Crippen molar-refractivity contribution < 1.29 is 83.9 Å². The molecular weight excluding hydrogens is 824 g/mol. The molecule has 0 aromatic carbocycles. The second-order valence-corrected chi connectivity index (χ2v) is 21.1. The molecular formula is C46H76O17. The maximum absolute atomic E-state index is 11.6. The van der Waals surface area contributed by atoms with Gasteiger partial charge in [0, 0.05) is 6.42 Å². The van der Waals surface area contributed by atoms with E-state index in [-0.39, 0.29) is 16.9 Å². The van der Waals surface area contributed by atoms with Gasteiger partial charge in [-0.05, 0) is 106 Å². The number of rotatable bonds is 11. The Bertz CT molecular complexity index is 1580. The fraction of sp³-hybridized carbons (Fsp3) is 0.957. The van der Waals surface area contributed by atoms with Crippen LogP contribution in [0.5, 0.6) is 0 Å². The number of hydrogen-bond donors (Lipinski definition) is 9. The van der Waals surface area contributed by atoms with E-state index in [2.05, 4.69) is 40.7 Å². The molecule has 25 unspecified atom stereocenters. The Balaban J connectivity index is 1.02. The van der Waals surface area contributed by atoms with Crippen molar-refractivity contribution in [3.05, 3.63) is 11.6 Å². The van der Waals surface area contributed by atoms with Crippen molar-refractivity contribution in [2.45, 2.75) is 216 Å². The Kier molecular flexibility index (Phi) is 14.5. The van der Waals surface area contributed by atoms with Gasteiger partial charge in [-0.1, -0.05) is 45.8 Å². The number of fused-ring (bicyclic) bond motifs is 5. The van der Waals surface area contributed by atoms with Gasteiger partial charge in [0.25, 0.3) is 0 Å². The van der Waals surface area contributed by atoms with Crippen LogP contribution in [0.25, 0.3) is 0 Å². The lowest BCUT2D eigenvalue weighted by molar-refractivity contribution is -0.394. The second kappa shape index (κ2) is 18.9. The van der Waals surface area contributed by atoms with Crippen molar-refractivity contribution >= 4 is 0 Å². The number of ether oxygens (including phenoxy) is 8. The number of allylic oxidation sites excluding steroid dienone is 1.